The predicted molar refractivity (Wildman–Crippen MR) is 80.2 cm³/mol. The molecule has 0 saturated heterocycles. The number of aryl methyl sites for hydroxylation is 1. The van der Waals surface area contributed by atoms with Gasteiger partial charge in [-0.1, -0.05) is 0 Å². The van der Waals surface area contributed by atoms with E-state index < -0.39 is 0 Å². The van der Waals surface area contributed by atoms with Gasteiger partial charge in [0.2, 0.25) is 0 Å². The fraction of sp³-hybridized carbons (Fsp3) is 0.500. The number of nitrogens with zero attached hydrogens (tertiary/aromatic N) is 1. The summed E-state index contributed by atoms with van der Waals surface area (Å²) in [7, 11) is 0. The number of aromatic nitrogens is 1. The van der Waals surface area contributed by atoms with Gasteiger partial charge in [-0.15, -0.1) is 0 Å². The Morgan fingerprint density at radius 2 is 2.29 bits per heavy atom. The largest absolute Gasteiger partial charge is 0.488 e. The third kappa shape index (κ3) is 2.40. The van der Waals surface area contributed by atoms with Crippen LogP contribution in [0, 0.1) is 5.82 Å². The van der Waals surface area contributed by atoms with Crippen molar-refractivity contribution in [2.24, 2.45) is 5.73 Å². The van der Waals surface area contributed by atoms with Gasteiger partial charge in [-0.25, -0.2) is 4.39 Å². The Hall–Kier alpha value is -1.59. The second-order valence-corrected chi connectivity index (χ2v) is 5.71. The highest BCUT2D eigenvalue weighted by molar-refractivity contribution is 5.88. The molecule has 114 valence electrons. The van der Waals surface area contributed by atoms with Gasteiger partial charge in [0.05, 0.1) is 12.1 Å². The summed E-state index contributed by atoms with van der Waals surface area (Å²) in [6, 6.07) is 3.54. The summed E-state index contributed by atoms with van der Waals surface area (Å²) >= 11 is 0. The molecule has 0 saturated carbocycles. The molecule has 3 N–H and O–H groups in total. The van der Waals surface area contributed by atoms with Crippen LogP contribution in [-0.4, -0.2) is 28.9 Å². The maximum Gasteiger partial charge on any atom is 0.174 e. The lowest BCUT2D eigenvalue weighted by Crippen LogP contribution is -2.18. The molecular formula is C16H21FN2O2. The fourth-order valence-electron chi connectivity index (χ4n) is 3.27. The van der Waals surface area contributed by atoms with E-state index >= 15 is 0 Å². The quantitative estimate of drug-likeness (QED) is 0.886. The van der Waals surface area contributed by atoms with E-state index in [0.29, 0.717) is 11.8 Å². The van der Waals surface area contributed by atoms with Gasteiger partial charge in [0.1, 0.15) is 6.61 Å². The minimum Gasteiger partial charge on any atom is -0.488 e. The van der Waals surface area contributed by atoms with Crippen LogP contribution >= 0.6 is 0 Å². The molecule has 0 radical (unpaired) electrons. The number of nitrogens with two attached hydrogens (primary N) is 1. The number of aliphatic hydroxyl groups excluding tert-OH is 1. The Labute approximate surface area is 123 Å². The van der Waals surface area contributed by atoms with E-state index in [9.17, 15) is 4.39 Å². The number of benzene rings is 1. The van der Waals surface area contributed by atoms with Gasteiger partial charge >= 0.3 is 0 Å². The molecule has 1 aliphatic heterocycles. The molecule has 1 atom stereocenters. The van der Waals surface area contributed by atoms with Crippen molar-refractivity contribution in [2.45, 2.75) is 38.8 Å². The summed E-state index contributed by atoms with van der Waals surface area (Å²) in [5, 5.41) is 9.47. The molecular weight excluding hydrogens is 271 g/mol. The summed E-state index contributed by atoms with van der Waals surface area (Å²) in [4.78, 5) is 0. The van der Waals surface area contributed by atoms with E-state index in [1.807, 2.05) is 13.0 Å². The molecule has 0 amide bonds. The second kappa shape index (κ2) is 5.66. The molecule has 1 aliphatic rings. The van der Waals surface area contributed by atoms with Crippen LogP contribution in [0.5, 0.6) is 5.75 Å². The highest BCUT2D eigenvalue weighted by Gasteiger charge is 2.25. The van der Waals surface area contributed by atoms with Crippen LogP contribution in [0.3, 0.4) is 0 Å². The molecule has 21 heavy (non-hydrogen) atoms. The minimum absolute atomic E-state index is 0.0117. The van der Waals surface area contributed by atoms with Crippen molar-refractivity contribution in [1.82, 2.24) is 4.57 Å². The van der Waals surface area contributed by atoms with Crippen molar-refractivity contribution < 1.29 is 14.2 Å². The molecule has 0 aliphatic carbocycles. The van der Waals surface area contributed by atoms with Crippen LogP contribution in [0.25, 0.3) is 10.9 Å². The van der Waals surface area contributed by atoms with E-state index in [4.69, 9.17) is 15.6 Å². The van der Waals surface area contributed by atoms with Gasteiger partial charge in [0.15, 0.2) is 11.6 Å². The van der Waals surface area contributed by atoms with Gasteiger partial charge in [-0.2, -0.15) is 0 Å². The fourth-order valence-corrected chi connectivity index (χ4v) is 3.27. The molecule has 0 spiro atoms. The van der Waals surface area contributed by atoms with Crippen molar-refractivity contribution in [2.75, 3.05) is 13.2 Å². The standard InChI is InChI=1S/C16H21FN2O2/c1-10(18)9-11-12-3-2-6-19(12)13-4-5-14(21-8-7-20)16(17)15(11)13/h4-5,10,20H,2-3,6-9,18H2,1H3. The number of ether oxygens (including phenoxy) is 1. The Morgan fingerprint density at radius 1 is 1.48 bits per heavy atom. The number of halogens is 1. The Morgan fingerprint density at radius 3 is 3.00 bits per heavy atom. The highest BCUT2D eigenvalue weighted by Crippen LogP contribution is 2.37. The average molecular weight is 292 g/mol. The topological polar surface area (TPSA) is 60.4 Å². The summed E-state index contributed by atoms with van der Waals surface area (Å²) < 4.78 is 22.3. The molecule has 5 heteroatoms. The SMILES string of the molecule is CC(N)Cc1c2n(c3ccc(OCCO)c(F)c13)CCC2. The number of fused-ring (bicyclic) bond motifs is 3. The van der Waals surface area contributed by atoms with E-state index in [0.717, 1.165) is 30.5 Å². The number of hydrogen-bond donors (Lipinski definition) is 2. The normalized spacial score (nSPS) is 15.4. The first-order chi connectivity index (χ1) is 10.1. The molecule has 2 aromatic rings. The van der Waals surface area contributed by atoms with Gasteiger partial charge in [-0.05, 0) is 43.9 Å². The smallest absolute Gasteiger partial charge is 0.174 e. The van der Waals surface area contributed by atoms with Gasteiger partial charge in [0, 0.05) is 23.7 Å². The van der Waals surface area contributed by atoms with Crippen LogP contribution in [0.1, 0.15) is 24.6 Å². The van der Waals surface area contributed by atoms with Crippen molar-refractivity contribution in [1.29, 1.82) is 0 Å². The summed E-state index contributed by atoms with van der Waals surface area (Å²) in [6.45, 7) is 2.84. The van der Waals surface area contributed by atoms with Crippen molar-refractivity contribution in [3.8, 4) is 5.75 Å². The van der Waals surface area contributed by atoms with Crippen LogP contribution in [0.2, 0.25) is 0 Å². The zero-order valence-electron chi connectivity index (χ0n) is 12.2. The predicted octanol–water partition coefficient (Wildman–Crippen LogP) is 1.99. The zero-order valence-corrected chi connectivity index (χ0v) is 12.2. The summed E-state index contributed by atoms with van der Waals surface area (Å²) in [6.07, 6.45) is 2.74. The van der Waals surface area contributed by atoms with Gasteiger partial charge < -0.3 is 20.1 Å². The zero-order chi connectivity index (χ0) is 15.0. The highest BCUT2D eigenvalue weighted by atomic mass is 19.1. The van der Waals surface area contributed by atoms with Crippen LogP contribution in [-0.2, 0) is 19.4 Å². The second-order valence-electron chi connectivity index (χ2n) is 5.71. The van der Waals surface area contributed by atoms with E-state index in [-0.39, 0.29) is 30.8 Å². The third-order valence-electron chi connectivity index (χ3n) is 4.02. The molecule has 2 heterocycles. The van der Waals surface area contributed by atoms with E-state index in [1.165, 1.54) is 5.69 Å². The van der Waals surface area contributed by atoms with Crippen LogP contribution < -0.4 is 10.5 Å². The molecule has 0 fully saturated rings. The molecule has 0 bridgehead atoms. The maximum atomic E-state index is 14.8. The first kappa shape index (κ1) is 14.4. The maximum absolute atomic E-state index is 14.8. The summed E-state index contributed by atoms with van der Waals surface area (Å²) in [5.41, 5.74) is 9.09. The van der Waals surface area contributed by atoms with Crippen molar-refractivity contribution >= 4 is 10.9 Å². The van der Waals surface area contributed by atoms with Crippen molar-refractivity contribution in [3.05, 3.63) is 29.2 Å². The van der Waals surface area contributed by atoms with E-state index in [2.05, 4.69) is 4.57 Å². The molecule has 4 nitrogen and oxygen atoms in total. The Balaban J connectivity index is 2.17. The molecule has 3 rings (SSSR count). The van der Waals surface area contributed by atoms with Gasteiger partial charge in [0.25, 0.3) is 0 Å². The Bertz CT molecular complexity index is 664. The lowest BCUT2D eigenvalue weighted by Gasteiger charge is -2.09. The van der Waals surface area contributed by atoms with Crippen LogP contribution in [0.15, 0.2) is 12.1 Å². The summed E-state index contributed by atoms with van der Waals surface area (Å²) in [5.74, 6) is -0.134. The van der Waals surface area contributed by atoms with Gasteiger partial charge in [-0.3, -0.25) is 0 Å². The first-order valence-electron chi connectivity index (χ1n) is 7.45. The molecule has 1 aromatic heterocycles. The van der Waals surface area contributed by atoms with Crippen LogP contribution in [0.4, 0.5) is 4.39 Å². The number of aliphatic hydroxyl groups is 1. The lowest BCUT2D eigenvalue weighted by atomic mass is 10.0. The van der Waals surface area contributed by atoms with E-state index in [1.54, 1.807) is 6.07 Å². The number of hydrogen-bond acceptors (Lipinski definition) is 3. The molecule has 1 aromatic carbocycles. The lowest BCUT2D eigenvalue weighted by molar-refractivity contribution is 0.197. The average Bonchev–Trinajstić information content (AvgIpc) is 3.01. The number of rotatable bonds is 5. The minimum atomic E-state index is -0.335. The monoisotopic (exact) mass is 292 g/mol. The van der Waals surface area contributed by atoms with Crippen molar-refractivity contribution in [3.63, 3.8) is 0 Å². The Kier molecular flexibility index (Phi) is 3.87. The third-order valence-corrected chi connectivity index (χ3v) is 4.02. The molecule has 1 unspecified atom stereocenters. The first-order valence-corrected chi connectivity index (χ1v) is 7.45.